The molecular formula is C36H56N8O11. The Morgan fingerprint density at radius 1 is 0.618 bits per heavy atom. The zero-order valence-electron chi connectivity index (χ0n) is 32.0. The third-order valence-electron chi connectivity index (χ3n) is 11.0. The summed E-state index contributed by atoms with van der Waals surface area (Å²) < 4.78 is 0. The lowest BCUT2D eigenvalue weighted by molar-refractivity contribution is -0.152. The molecule has 0 aliphatic carbocycles. The molecule has 0 aromatic heterocycles. The minimum atomic E-state index is -1.40. The number of carboxylic acids is 2. The van der Waals surface area contributed by atoms with E-state index in [1.165, 1.54) is 26.5 Å². The van der Waals surface area contributed by atoms with Gasteiger partial charge in [0.25, 0.3) is 0 Å². The molecule has 0 saturated carbocycles. The van der Waals surface area contributed by atoms with Crippen LogP contribution in [0.25, 0.3) is 0 Å². The number of nitrogens with zero attached hydrogens (tertiary/aromatic N) is 4. The number of amides is 7. The van der Waals surface area contributed by atoms with Crippen LogP contribution in [0.3, 0.4) is 0 Å². The van der Waals surface area contributed by atoms with Gasteiger partial charge in [-0.15, -0.1) is 0 Å². The van der Waals surface area contributed by atoms with E-state index in [2.05, 4.69) is 16.0 Å². The zero-order chi connectivity index (χ0) is 40.7. The lowest BCUT2D eigenvalue weighted by Gasteiger charge is -2.35. The molecule has 8 atom stereocenters. The summed E-state index contributed by atoms with van der Waals surface area (Å²) in [7, 11) is 0. The van der Waals surface area contributed by atoms with Crippen molar-refractivity contribution in [1.29, 1.82) is 0 Å². The molecule has 4 rings (SSSR count). The van der Waals surface area contributed by atoms with E-state index >= 15 is 0 Å². The number of aliphatic carboxylic acids is 2. The molecule has 4 aliphatic heterocycles. The van der Waals surface area contributed by atoms with E-state index in [9.17, 15) is 53.4 Å². The van der Waals surface area contributed by atoms with Crippen molar-refractivity contribution in [2.45, 2.75) is 140 Å². The highest BCUT2D eigenvalue weighted by atomic mass is 16.4. The summed E-state index contributed by atoms with van der Waals surface area (Å²) in [4.78, 5) is 123. The van der Waals surface area contributed by atoms with E-state index in [1.807, 2.05) is 0 Å². The standard InChI is InChI=1S/C36H56N8O11/c1-19(2)28(36(54)55)40-30(48)22(13-14-27(45)46)39-29(47)21(4)38-31(49)23-9-5-15-41(23)33(51)25-11-7-17-43(25)35(53)26-12-8-18-44(26)34(52)24-10-6-16-42(24)32(50)20(3)37/h19-26,28H,5-18,37H2,1-4H3,(H,38,49)(H,39,47)(H,40,48)(H,45,46)(H,54,55)/t20-,21-,22-,23-,24-,25-,26-,28-/m0/s1. The molecule has 306 valence electrons. The SMILES string of the molecule is CC(C)[C@H](NC(=O)[C@H](CCC(=O)O)NC(=O)[C@H](C)NC(=O)[C@@H]1CCCN1C(=O)[C@@H]1CCCN1C(=O)[C@@H]1CCCN1C(=O)[C@@H]1CCCN1C(=O)[C@H](C)N)C(=O)O. The number of carbonyl (C=O) groups excluding carboxylic acids is 7. The Morgan fingerprint density at radius 2 is 1.05 bits per heavy atom. The maximum absolute atomic E-state index is 14.1. The fourth-order valence-electron chi connectivity index (χ4n) is 7.98. The van der Waals surface area contributed by atoms with Crippen molar-refractivity contribution >= 4 is 53.3 Å². The van der Waals surface area contributed by atoms with Gasteiger partial charge in [0, 0.05) is 32.6 Å². The van der Waals surface area contributed by atoms with Gasteiger partial charge in [-0.2, -0.15) is 0 Å². The van der Waals surface area contributed by atoms with Gasteiger partial charge in [-0.25, -0.2) is 4.79 Å². The number of hydrogen-bond donors (Lipinski definition) is 6. The molecule has 0 aromatic carbocycles. The van der Waals surface area contributed by atoms with Crippen LogP contribution in [-0.4, -0.2) is 158 Å². The van der Waals surface area contributed by atoms with Gasteiger partial charge < -0.3 is 51.5 Å². The maximum Gasteiger partial charge on any atom is 0.326 e. The smallest absolute Gasteiger partial charge is 0.326 e. The summed E-state index contributed by atoms with van der Waals surface area (Å²) >= 11 is 0. The summed E-state index contributed by atoms with van der Waals surface area (Å²) in [6.45, 7) is 7.39. The number of nitrogens with one attached hydrogen (secondary N) is 3. The van der Waals surface area contributed by atoms with E-state index in [-0.39, 0.29) is 30.7 Å². The topological polar surface area (TPSA) is 269 Å². The summed E-state index contributed by atoms with van der Waals surface area (Å²) in [5.41, 5.74) is 5.82. The van der Waals surface area contributed by atoms with Gasteiger partial charge in [0.05, 0.1) is 6.04 Å². The molecule has 0 bridgehead atoms. The highest BCUT2D eigenvalue weighted by Gasteiger charge is 2.48. The van der Waals surface area contributed by atoms with Gasteiger partial charge in [-0.1, -0.05) is 13.8 Å². The summed E-state index contributed by atoms with van der Waals surface area (Å²) in [6.07, 6.45) is 3.01. The van der Waals surface area contributed by atoms with Gasteiger partial charge >= 0.3 is 11.9 Å². The molecule has 0 unspecified atom stereocenters. The molecule has 19 nitrogen and oxygen atoms in total. The Kier molecular flexibility index (Phi) is 14.6. The van der Waals surface area contributed by atoms with Crippen molar-refractivity contribution in [3.8, 4) is 0 Å². The van der Waals surface area contributed by atoms with E-state index in [0.717, 1.165) is 0 Å². The quantitative estimate of drug-likeness (QED) is 0.110. The van der Waals surface area contributed by atoms with E-state index in [4.69, 9.17) is 5.73 Å². The average Bonchev–Trinajstić information content (AvgIpc) is 3.97. The monoisotopic (exact) mass is 776 g/mol. The largest absolute Gasteiger partial charge is 0.481 e. The van der Waals surface area contributed by atoms with Crippen LogP contribution in [0.5, 0.6) is 0 Å². The zero-order valence-corrected chi connectivity index (χ0v) is 32.0. The Labute approximate surface area is 320 Å². The van der Waals surface area contributed by atoms with Crippen molar-refractivity contribution in [2.75, 3.05) is 26.2 Å². The molecule has 4 fully saturated rings. The van der Waals surface area contributed by atoms with Crippen LogP contribution in [0.1, 0.15) is 91.9 Å². The minimum Gasteiger partial charge on any atom is -0.481 e. The Hall–Kier alpha value is -4.81. The number of rotatable bonds is 15. The lowest BCUT2D eigenvalue weighted by atomic mass is 10.0. The van der Waals surface area contributed by atoms with Crippen LogP contribution >= 0.6 is 0 Å². The first-order chi connectivity index (χ1) is 25.9. The molecular weight excluding hydrogens is 720 g/mol. The van der Waals surface area contributed by atoms with Gasteiger partial charge in [-0.3, -0.25) is 38.4 Å². The third-order valence-corrected chi connectivity index (χ3v) is 11.0. The van der Waals surface area contributed by atoms with Gasteiger partial charge in [0.15, 0.2) is 0 Å². The van der Waals surface area contributed by atoms with Crippen LogP contribution in [0, 0.1) is 5.92 Å². The molecule has 7 N–H and O–H groups in total. The highest BCUT2D eigenvalue weighted by molar-refractivity contribution is 5.98. The molecule has 4 saturated heterocycles. The maximum atomic E-state index is 14.1. The molecule has 4 aliphatic rings. The summed E-state index contributed by atoms with van der Waals surface area (Å²) in [5, 5.41) is 26.0. The second-order valence-electron chi connectivity index (χ2n) is 15.3. The van der Waals surface area contributed by atoms with Crippen LogP contribution < -0.4 is 21.7 Å². The molecule has 7 amide bonds. The van der Waals surface area contributed by atoms with Gasteiger partial charge in [0.2, 0.25) is 41.4 Å². The predicted octanol–water partition coefficient (Wildman–Crippen LogP) is -1.62. The van der Waals surface area contributed by atoms with E-state index in [0.29, 0.717) is 71.0 Å². The molecule has 4 heterocycles. The molecule has 0 spiro atoms. The second-order valence-corrected chi connectivity index (χ2v) is 15.3. The van der Waals surface area contributed by atoms with E-state index in [1.54, 1.807) is 20.8 Å². The Balaban J connectivity index is 1.39. The normalized spacial score (nSPS) is 24.6. The molecule has 0 radical (unpaired) electrons. The first kappa shape index (κ1) is 42.9. The Bertz CT molecular complexity index is 1520. The average molecular weight is 777 g/mol. The number of hydrogen-bond acceptors (Lipinski definition) is 10. The first-order valence-corrected chi connectivity index (χ1v) is 19.3. The van der Waals surface area contributed by atoms with Crippen molar-refractivity contribution in [3.05, 3.63) is 0 Å². The van der Waals surface area contributed by atoms with Crippen molar-refractivity contribution in [3.63, 3.8) is 0 Å². The fourth-order valence-corrected chi connectivity index (χ4v) is 7.98. The van der Waals surface area contributed by atoms with Crippen molar-refractivity contribution in [2.24, 2.45) is 11.7 Å². The first-order valence-electron chi connectivity index (χ1n) is 19.3. The number of carboxylic acid groups (broad SMARTS) is 2. The lowest BCUT2D eigenvalue weighted by Crippen LogP contribution is -2.59. The summed E-state index contributed by atoms with van der Waals surface area (Å²) in [5.74, 6) is -6.75. The Morgan fingerprint density at radius 3 is 1.49 bits per heavy atom. The van der Waals surface area contributed by atoms with Crippen LogP contribution in [-0.2, 0) is 43.2 Å². The highest BCUT2D eigenvalue weighted by Crippen LogP contribution is 2.30. The van der Waals surface area contributed by atoms with Gasteiger partial charge in [0.1, 0.15) is 42.3 Å². The second kappa shape index (κ2) is 18.7. The molecule has 55 heavy (non-hydrogen) atoms. The van der Waals surface area contributed by atoms with Gasteiger partial charge in [-0.05, 0) is 77.6 Å². The molecule has 19 heteroatoms. The van der Waals surface area contributed by atoms with Crippen LogP contribution in [0.4, 0.5) is 0 Å². The third kappa shape index (κ3) is 10.1. The van der Waals surface area contributed by atoms with Crippen molar-refractivity contribution in [1.82, 2.24) is 35.6 Å². The fraction of sp³-hybridized carbons (Fsp3) is 0.750. The molecule has 0 aromatic rings. The number of nitrogens with two attached hydrogens (primary N) is 1. The van der Waals surface area contributed by atoms with Crippen LogP contribution in [0.15, 0.2) is 0 Å². The van der Waals surface area contributed by atoms with Crippen LogP contribution in [0.2, 0.25) is 0 Å². The summed E-state index contributed by atoms with van der Waals surface area (Å²) in [6, 6.07) is -7.95. The number of carbonyl (C=O) groups is 9. The number of likely N-dealkylation sites (tertiary alicyclic amines) is 4. The van der Waals surface area contributed by atoms with Crippen molar-refractivity contribution < 1.29 is 53.4 Å². The minimum absolute atomic E-state index is 0.243. The predicted molar refractivity (Wildman–Crippen MR) is 193 cm³/mol. The van der Waals surface area contributed by atoms with E-state index < -0.39 is 96.2 Å².